The lowest BCUT2D eigenvalue weighted by Crippen LogP contribution is -2.29. The summed E-state index contributed by atoms with van der Waals surface area (Å²) < 4.78 is 13.5. The van der Waals surface area contributed by atoms with Crippen molar-refractivity contribution >= 4 is 34.6 Å². The van der Waals surface area contributed by atoms with Crippen molar-refractivity contribution in [3.8, 4) is 17.2 Å². The summed E-state index contributed by atoms with van der Waals surface area (Å²) in [4.78, 5) is 6.85. The molecule has 190 valence electrons. The normalized spacial score (nSPS) is 17.1. The molecule has 0 radical (unpaired) electrons. The third-order valence-electron chi connectivity index (χ3n) is 6.69. The molecule has 1 fully saturated rings. The van der Waals surface area contributed by atoms with Crippen LogP contribution in [0.15, 0.2) is 72.9 Å². The highest BCUT2D eigenvalue weighted by atomic mass is 35.5. The molecular weight excluding hydrogens is 504 g/mol. The summed E-state index contributed by atoms with van der Waals surface area (Å²) in [5.74, 6) is 1.58. The highest BCUT2D eigenvalue weighted by Gasteiger charge is 2.42. The quantitative estimate of drug-likeness (QED) is 0.266. The Balaban J connectivity index is 1.67. The summed E-state index contributed by atoms with van der Waals surface area (Å²) in [6.07, 6.45) is 1.82. The minimum atomic E-state index is -0.143. The zero-order valence-corrected chi connectivity index (χ0v) is 22.8. The molecule has 0 aliphatic carbocycles. The average Bonchev–Trinajstić information content (AvgIpc) is 3.40. The summed E-state index contributed by atoms with van der Waals surface area (Å²) in [6, 6.07) is 21.6. The van der Waals surface area contributed by atoms with E-state index in [1.807, 2.05) is 73.8 Å². The summed E-state index contributed by atoms with van der Waals surface area (Å²) in [5.41, 5.74) is 6.08. The van der Waals surface area contributed by atoms with Gasteiger partial charge in [0.1, 0.15) is 11.5 Å². The fraction of sp³-hybridized carbons (Fsp3) is 0.241. The first kappa shape index (κ1) is 25.1. The number of methoxy groups -OCH3 is 1. The Labute approximate surface area is 227 Å². The van der Waals surface area contributed by atoms with Gasteiger partial charge in [-0.25, -0.2) is 0 Å². The van der Waals surface area contributed by atoms with E-state index in [2.05, 4.69) is 39.7 Å². The van der Waals surface area contributed by atoms with Crippen molar-refractivity contribution in [3.63, 3.8) is 0 Å². The van der Waals surface area contributed by atoms with Crippen LogP contribution in [0.3, 0.4) is 0 Å². The van der Waals surface area contributed by atoms with Gasteiger partial charge in [0.25, 0.3) is 0 Å². The number of thiocarbonyl (C=S) groups is 1. The van der Waals surface area contributed by atoms with Gasteiger partial charge in [0.15, 0.2) is 5.11 Å². The molecule has 1 N–H and O–H groups in total. The number of halogens is 1. The van der Waals surface area contributed by atoms with Gasteiger partial charge in [0.2, 0.25) is 0 Å². The molecule has 4 aromatic rings. The first-order valence-electron chi connectivity index (χ1n) is 12.2. The van der Waals surface area contributed by atoms with Crippen molar-refractivity contribution in [2.45, 2.75) is 32.9 Å². The first-order valence-corrected chi connectivity index (χ1v) is 13.0. The lowest BCUT2D eigenvalue weighted by atomic mass is 9.96. The molecule has 0 bridgehead atoms. The molecule has 2 aromatic carbocycles. The van der Waals surface area contributed by atoms with Gasteiger partial charge in [0.05, 0.1) is 37.2 Å². The van der Waals surface area contributed by atoms with Crippen molar-refractivity contribution < 1.29 is 9.47 Å². The van der Waals surface area contributed by atoms with Gasteiger partial charge in [0, 0.05) is 28.3 Å². The van der Waals surface area contributed by atoms with E-state index in [9.17, 15) is 0 Å². The van der Waals surface area contributed by atoms with Crippen molar-refractivity contribution in [2.24, 2.45) is 0 Å². The van der Waals surface area contributed by atoms with Crippen molar-refractivity contribution in [1.82, 2.24) is 14.9 Å². The monoisotopic (exact) mass is 532 g/mol. The van der Waals surface area contributed by atoms with E-state index < -0.39 is 0 Å². The van der Waals surface area contributed by atoms with Crippen LogP contribution in [0, 0.1) is 13.8 Å². The number of ether oxygens (including phenoxy) is 2. The van der Waals surface area contributed by atoms with E-state index in [4.69, 9.17) is 33.3 Å². The van der Waals surface area contributed by atoms with E-state index in [1.54, 1.807) is 7.11 Å². The molecule has 0 saturated carbocycles. The number of aromatic nitrogens is 2. The molecule has 1 aliphatic heterocycles. The maximum atomic E-state index is 6.40. The number of pyridine rings is 1. The number of anilines is 1. The van der Waals surface area contributed by atoms with Gasteiger partial charge in [-0.2, -0.15) is 0 Å². The third kappa shape index (κ3) is 4.65. The zero-order chi connectivity index (χ0) is 26.1. The van der Waals surface area contributed by atoms with Crippen molar-refractivity contribution in [3.05, 3.63) is 101 Å². The summed E-state index contributed by atoms with van der Waals surface area (Å²) in [5, 5.41) is 4.84. The lowest BCUT2D eigenvalue weighted by Gasteiger charge is -2.28. The number of aryl methyl sites for hydroxylation is 1. The van der Waals surface area contributed by atoms with Gasteiger partial charge >= 0.3 is 0 Å². The number of nitrogens with zero attached hydrogens (tertiary/aromatic N) is 3. The molecule has 8 heteroatoms. The lowest BCUT2D eigenvalue weighted by molar-refractivity contribution is 0.340. The Bertz CT molecular complexity index is 1420. The number of nitrogens with one attached hydrogen (secondary N) is 1. The van der Waals surface area contributed by atoms with Crippen LogP contribution >= 0.6 is 23.8 Å². The maximum Gasteiger partial charge on any atom is 0.174 e. The summed E-state index contributed by atoms with van der Waals surface area (Å²) >= 11 is 12.3. The average molecular weight is 533 g/mol. The first-order chi connectivity index (χ1) is 17.9. The van der Waals surface area contributed by atoms with E-state index in [0.717, 1.165) is 45.5 Å². The van der Waals surface area contributed by atoms with Crippen LogP contribution in [0.5, 0.6) is 11.5 Å². The summed E-state index contributed by atoms with van der Waals surface area (Å²) in [7, 11) is 1.67. The fourth-order valence-corrected chi connectivity index (χ4v) is 5.63. The van der Waals surface area contributed by atoms with Crippen molar-refractivity contribution in [1.29, 1.82) is 0 Å². The molecule has 0 amide bonds. The van der Waals surface area contributed by atoms with Crippen LogP contribution in [0.25, 0.3) is 5.69 Å². The number of hydrogen-bond donors (Lipinski definition) is 1. The van der Waals surface area contributed by atoms with Gasteiger partial charge in [-0.05, 0) is 99.2 Å². The predicted octanol–water partition coefficient (Wildman–Crippen LogP) is 6.73. The number of hydrogen-bond acceptors (Lipinski definition) is 4. The molecule has 0 unspecified atom stereocenters. The number of rotatable bonds is 7. The Morgan fingerprint density at radius 3 is 2.51 bits per heavy atom. The van der Waals surface area contributed by atoms with Gasteiger partial charge in [-0.3, -0.25) is 4.98 Å². The molecule has 1 aliphatic rings. The van der Waals surface area contributed by atoms with Gasteiger partial charge in [-0.15, -0.1) is 0 Å². The Morgan fingerprint density at radius 1 is 1.05 bits per heavy atom. The molecule has 5 rings (SSSR count). The molecule has 2 atom stereocenters. The largest absolute Gasteiger partial charge is 0.495 e. The topological polar surface area (TPSA) is 51.5 Å². The molecule has 6 nitrogen and oxygen atoms in total. The molecule has 0 spiro atoms. The molecule has 2 aromatic heterocycles. The molecule has 37 heavy (non-hydrogen) atoms. The fourth-order valence-electron chi connectivity index (χ4n) is 5.11. The molecule has 1 saturated heterocycles. The van der Waals surface area contributed by atoms with Crippen LogP contribution in [0.1, 0.15) is 41.7 Å². The van der Waals surface area contributed by atoms with Gasteiger partial charge < -0.3 is 24.3 Å². The van der Waals surface area contributed by atoms with E-state index in [-0.39, 0.29) is 12.1 Å². The second kappa shape index (κ2) is 10.4. The minimum absolute atomic E-state index is 0.134. The van der Waals surface area contributed by atoms with Gasteiger partial charge in [-0.1, -0.05) is 17.7 Å². The number of benzene rings is 2. The Kier molecular flexibility index (Phi) is 7.09. The van der Waals surface area contributed by atoms with Crippen molar-refractivity contribution in [2.75, 3.05) is 18.6 Å². The van der Waals surface area contributed by atoms with E-state index in [0.29, 0.717) is 16.7 Å². The maximum absolute atomic E-state index is 6.40. The van der Waals surface area contributed by atoms with Crippen LogP contribution in [0.2, 0.25) is 5.02 Å². The zero-order valence-electron chi connectivity index (χ0n) is 21.2. The Morgan fingerprint density at radius 2 is 1.84 bits per heavy atom. The second-order valence-corrected chi connectivity index (χ2v) is 9.72. The van der Waals surface area contributed by atoms with E-state index in [1.165, 1.54) is 0 Å². The summed E-state index contributed by atoms with van der Waals surface area (Å²) in [6.45, 7) is 6.81. The van der Waals surface area contributed by atoms with Crippen LogP contribution in [-0.2, 0) is 0 Å². The second-order valence-electron chi connectivity index (χ2n) is 8.90. The predicted molar refractivity (Wildman–Crippen MR) is 152 cm³/mol. The SMILES string of the molecule is CCOc1ccc(N2C(=S)N[C@H](c3ccccn3)[C@H]2c2cc(C)n(-c3cc(Cl)ccc3OC)c2C)cc1. The van der Waals surface area contributed by atoms with Crippen LogP contribution < -0.4 is 19.7 Å². The van der Waals surface area contributed by atoms with E-state index >= 15 is 0 Å². The Hall–Kier alpha value is -3.55. The highest BCUT2D eigenvalue weighted by Crippen LogP contribution is 2.44. The van der Waals surface area contributed by atoms with Crippen LogP contribution in [-0.4, -0.2) is 28.4 Å². The highest BCUT2D eigenvalue weighted by molar-refractivity contribution is 7.80. The van der Waals surface area contributed by atoms with Crippen LogP contribution in [0.4, 0.5) is 5.69 Å². The third-order valence-corrected chi connectivity index (χ3v) is 7.24. The minimum Gasteiger partial charge on any atom is -0.495 e. The standard InChI is InChI=1S/C29H29ClN4O2S/c1-5-36-22-12-10-21(11-13-22)34-28(27(32-29(34)37)24-8-6-7-15-31-24)23-16-18(2)33(19(23)3)25-17-20(30)9-14-26(25)35-4/h6-17,27-28H,5H2,1-4H3,(H,32,37)/t27-,28-/m1/s1. The molecule has 3 heterocycles. The smallest absolute Gasteiger partial charge is 0.174 e. The molecular formula is C29H29ClN4O2S.